The number of carbonyl (C=O) groups is 1. The van der Waals surface area contributed by atoms with Crippen molar-refractivity contribution in [2.45, 2.75) is 59.0 Å². The smallest absolute Gasteiger partial charge is 0.242 e. The summed E-state index contributed by atoms with van der Waals surface area (Å²) >= 11 is 1.32. The average Bonchev–Trinajstić information content (AvgIpc) is 3.36. The molecule has 2 atom stereocenters. The van der Waals surface area contributed by atoms with Gasteiger partial charge in [0.15, 0.2) is 0 Å². The van der Waals surface area contributed by atoms with Crippen LogP contribution in [0.1, 0.15) is 57.0 Å². The second-order valence-corrected chi connectivity index (χ2v) is 12.1. The zero-order valence-electron chi connectivity index (χ0n) is 20.7. The van der Waals surface area contributed by atoms with Crippen LogP contribution in [0, 0.1) is 16.6 Å². The minimum absolute atomic E-state index is 0.169. The first-order valence-electron chi connectivity index (χ1n) is 12.3. The van der Waals surface area contributed by atoms with E-state index in [0.717, 1.165) is 42.1 Å². The summed E-state index contributed by atoms with van der Waals surface area (Å²) in [5.41, 5.74) is 2.56. The molecule has 7 heteroatoms. The van der Waals surface area contributed by atoms with Gasteiger partial charge in [0.2, 0.25) is 11.0 Å². The third kappa shape index (κ3) is 5.56. The van der Waals surface area contributed by atoms with Crippen LogP contribution in [0.3, 0.4) is 0 Å². The van der Waals surface area contributed by atoms with Crippen LogP contribution in [0.4, 0.5) is 9.52 Å². The van der Waals surface area contributed by atoms with Crippen LogP contribution in [0.5, 0.6) is 0 Å². The van der Waals surface area contributed by atoms with E-state index in [1.807, 2.05) is 18.2 Å². The Morgan fingerprint density at radius 1 is 1.09 bits per heavy atom. The molecule has 1 aliphatic carbocycles. The Morgan fingerprint density at radius 3 is 2.57 bits per heavy atom. The minimum atomic E-state index is -0.253. The fraction of sp³-hybridized carbons (Fsp3) is 0.464. The minimum Gasteiger partial charge on any atom is -0.338 e. The van der Waals surface area contributed by atoms with E-state index in [1.165, 1.54) is 23.7 Å². The van der Waals surface area contributed by atoms with Gasteiger partial charge in [0.1, 0.15) is 11.6 Å². The quantitative estimate of drug-likeness (QED) is 0.424. The Hall–Kier alpha value is -2.80. The van der Waals surface area contributed by atoms with Gasteiger partial charge in [-0.2, -0.15) is 4.37 Å². The molecule has 2 fully saturated rings. The van der Waals surface area contributed by atoms with Crippen molar-refractivity contribution < 1.29 is 9.18 Å². The van der Waals surface area contributed by atoms with Crippen LogP contribution in [0.25, 0.3) is 0 Å². The van der Waals surface area contributed by atoms with Crippen molar-refractivity contribution in [2.24, 2.45) is 10.8 Å². The largest absolute Gasteiger partial charge is 0.338 e. The number of fused-ring (bicyclic) bond motifs is 2. The molecule has 0 spiro atoms. The molecule has 2 aromatic carbocycles. The number of hydrogen-bond donors (Lipinski definition) is 0. The van der Waals surface area contributed by atoms with Crippen molar-refractivity contribution in [3.63, 3.8) is 0 Å². The first-order chi connectivity index (χ1) is 16.7. The van der Waals surface area contributed by atoms with E-state index >= 15 is 0 Å². The van der Waals surface area contributed by atoms with E-state index in [9.17, 15) is 9.18 Å². The molecule has 0 N–H and O–H groups in total. The molecule has 1 aromatic heterocycles. The van der Waals surface area contributed by atoms with Crippen LogP contribution >= 0.6 is 11.5 Å². The second-order valence-electron chi connectivity index (χ2n) is 11.4. The van der Waals surface area contributed by atoms with E-state index in [4.69, 9.17) is 4.98 Å². The zero-order valence-corrected chi connectivity index (χ0v) is 21.5. The fourth-order valence-electron chi connectivity index (χ4n) is 6.23. The highest BCUT2D eigenvalue weighted by Crippen LogP contribution is 2.52. The molecule has 2 bridgehead atoms. The van der Waals surface area contributed by atoms with Gasteiger partial charge < -0.3 is 9.80 Å². The molecule has 0 radical (unpaired) electrons. The van der Waals surface area contributed by atoms with E-state index in [0.29, 0.717) is 24.8 Å². The molecule has 1 saturated carbocycles. The summed E-state index contributed by atoms with van der Waals surface area (Å²) < 4.78 is 17.8. The first-order valence-corrected chi connectivity index (χ1v) is 13.1. The number of carbonyl (C=O) groups excluding carboxylic acids is 1. The van der Waals surface area contributed by atoms with Crippen molar-refractivity contribution in [1.29, 1.82) is 0 Å². The molecule has 5 nitrogen and oxygen atoms in total. The summed E-state index contributed by atoms with van der Waals surface area (Å²) in [6.45, 7) is 8.72. The lowest BCUT2D eigenvalue weighted by Crippen LogP contribution is -2.43. The number of amides is 1. The van der Waals surface area contributed by atoms with E-state index in [-0.39, 0.29) is 29.1 Å². The van der Waals surface area contributed by atoms with Gasteiger partial charge in [-0.1, -0.05) is 63.2 Å². The van der Waals surface area contributed by atoms with Gasteiger partial charge >= 0.3 is 0 Å². The lowest BCUT2D eigenvalue weighted by molar-refractivity contribution is -0.130. The molecule has 2 unspecified atom stereocenters. The van der Waals surface area contributed by atoms with Gasteiger partial charge in [-0.3, -0.25) is 4.79 Å². The predicted molar refractivity (Wildman–Crippen MR) is 138 cm³/mol. The number of aromatic nitrogens is 2. The third-order valence-corrected chi connectivity index (χ3v) is 8.10. The van der Waals surface area contributed by atoms with Gasteiger partial charge in [0.05, 0.1) is 6.54 Å². The van der Waals surface area contributed by atoms with Gasteiger partial charge in [-0.15, -0.1) is 0 Å². The molecule has 1 aliphatic heterocycles. The highest BCUT2D eigenvalue weighted by atomic mass is 32.1. The van der Waals surface area contributed by atoms with E-state index in [2.05, 4.69) is 47.1 Å². The van der Waals surface area contributed by atoms with Crippen molar-refractivity contribution in [2.75, 3.05) is 18.0 Å². The number of anilines is 1. The van der Waals surface area contributed by atoms with Gasteiger partial charge in [-0.25, -0.2) is 9.37 Å². The summed E-state index contributed by atoms with van der Waals surface area (Å²) in [6, 6.07) is 16.9. The predicted octanol–water partition coefficient (Wildman–Crippen LogP) is 5.70. The molecular weight excluding hydrogens is 459 g/mol. The SMILES string of the molecule is CC1(C)CC2CC(C)(CN2C(=O)CN(Cc2ccccc2)c2nc(Cc3ccc(F)cc3)ns2)C1. The maximum Gasteiger partial charge on any atom is 0.242 e. The Balaban J connectivity index is 1.35. The average molecular weight is 493 g/mol. The summed E-state index contributed by atoms with van der Waals surface area (Å²) in [7, 11) is 0. The standard InChI is InChI=1S/C28H33FN4OS/c1-27(2)14-23-15-28(3,18-27)19-33(23)25(34)17-32(16-21-7-5-4-6-8-21)26-30-24(31-35-26)13-20-9-11-22(29)12-10-20/h4-12,23H,13-19H2,1-3H3. The molecule has 5 rings (SSSR count). The number of rotatable bonds is 7. The van der Waals surface area contributed by atoms with Crippen molar-refractivity contribution in [3.05, 3.63) is 77.4 Å². The van der Waals surface area contributed by atoms with Crippen molar-refractivity contribution >= 4 is 22.6 Å². The van der Waals surface area contributed by atoms with Crippen LogP contribution in [-0.4, -0.2) is 39.3 Å². The van der Waals surface area contributed by atoms with Crippen LogP contribution in [0.2, 0.25) is 0 Å². The number of nitrogens with zero attached hydrogens (tertiary/aromatic N) is 4. The van der Waals surface area contributed by atoms with Gasteiger partial charge in [0, 0.05) is 37.1 Å². The molecule has 2 aliphatic rings. The summed E-state index contributed by atoms with van der Waals surface area (Å²) in [6.07, 6.45) is 3.86. The van der Waals surface area contributed by atoms with Crippen LogP contribution < -0.4 is 4.90 Å². The number of benzene rings is 2. The van der Waals surface area contributed by atoms with Crippen molar-refractivity contribution in [1.82, 2.24) is 14.3 Å². The highest BCUT2D eigenvalue weighted by Gasteiger charge is 2.51. The molecular formula is C28H33FN4OS. The Morgan fingerprint density at radius 2 is 1.83 bits per heavy atom. The van der Waals surface area contributed by atoms with Gasteiger partial charge in [0.25, 0.3) is 0 Å². The third-order valence-electron chi connectivity index (χ3n) is 7.28. The van der Waals surface area contributed by atoms with Crippen LogP contribution in [-0.2, 0) is 17.8 Å². The monoisotopic (exact) mass is 492 g/mol. The molecule has 1 amide bonds. The van der Waals surface area contributed by atoms with E-state index < -0.39 is 0 Å². The maximum absolute atomic E-state index is 13.7. The molecule has 1 saturated heterocycles. The lowest BCUT2D eigenvalue weighted by atomic mass is 9.65. The van der Waals surface area contributed by atoms with E-state index in [1.54, 1.807) is 12.1 Å². The van der Waals surface area contributed by atoms with Gasteiger partial charge in [-0.05, 0) is 53.4 Å². The number of halogens is 1. The Bertz CT molecular complexity index is 1180. The lowest BCUT2D eigenvalue weighted by Gasteiger charge is -2.39. The number of likely N-dealkylation sites (tertiary alicyclic amines) is 1. The molecule has 2 heterocycles. The second kappa shape index (κ2) is 9.34. The Kier molecular flexibility index (Phi) is 6.38. The first kappa shape index (κ1) is 23.9. The van der Waals surface area contributed by atoms with Crippen LogP contribution in [0.15, 0.2) is 54.6 Å². The fourth-order valence-corrected chi connectivity index (χ4v) is 6.91. The molecule has 184 valence electrons. The summed E-state index contributed by atoms with van der Waals surface area (Å²) in [4.78, 5) is 22.6. The number of hydrogen-bond acceptors (Lipinski definition) is 5. The Labute approximate surface area is 211 Å². The van der Waals surface area contributed by atoms with Crippen molar-refractivity contribution in [3.8, 4) is 0 Å². The topological polar surface area (TPSA) is 49.3 Å². The highest BCUT2D eigenvalue weighted by molar-refractivity contribution is 7.09. The molecule has 3 aromatic rings. The summed E-state index contributed by atoms with van der Waals surface area (Å²) in [5, 5.41) is 0.744. The molecule has 35 heavy (non-hydrogen) atoms. The maximum atomic E-state index is 13.7. The normalized spacial score (nSPS) is 22.9. The zero-order chi connectivity index (χ0) is 24.6. The summed E-state index contributed by atoms with van der Waals surface area (Å²) in [5.74, 6) is 0.605.